The molecule has 1 aliphatic rings. The molecule has 0 bridgehead atoms. The fourth-order valence-electron chi connectivity index (χ4n) is 2.61. The van der Waals surface area contributed by atoms with Gasteiger partial charge in [-0.2, -0.15) is 0 Å². The Morgan fingerprint density at radius 3 is 2.45 bits per heavy atom. The lowest BCUT2D eigenvalue weighted by Crippen LogP contribution is -2.59. The summed E-state index contributed by atoms with van der Waals surface area (Å²) in [5, 5.41) is 57.5. The van der Waals surface area contributed by atoms with E-state index in [4.69, 9.17) is 19.3 Å². The minimum Gasteiger partial charge on any atom is -0.504 e. The molecule has 0 saturated carbocycles. The molecule has 11 nitrogen and oxygen atoms in total. The van der Waals surface area contributed by atoms with Gasteiger partial charge in [0, 0.05) is 24.7 Å². The van der Waals surface area contributed by atoms with Crippen molar-refractivity contribution in [3.05, 3.63) is 42.0 Å². The Kier molecular flexibility index (Phi) is 8.54. The monoisotopic (exact) mass is 440 g/mol. The minimum absolute atomic E-state index is 0.0123. The average molecular weight is 440 g/mol. The van der Waals surface area contributed by atoms with Crippen LogP contribution in [0.25, 0.3) is 6.08 Å². The van der Waals surface area contributed by atoms with E-state index in [-0.39, 0.29) is 24.4 Å². The molecule has 0 aliphatic carbocycles. The van der Waals surface area contributed by atoms with Crippen LogP contribution in [0.15, 0.2) is 36.4 Å². The fourth-order valence-corrected chi connectivity index (χ4v) is 2.61. The second-order valence-corrected chi connectivity index (χ2v) is 6.71. The number of carbonyl (C=O) groups is 2. The first-order chi connectivity index (χ1) is 14.6. The van der Waals surface area contributed by atoms with Gasteiger partial charge in [-0.15, -0.1) is 0 Å². The van der Waals surface area contributed by atoms with Gasteiger partial charge in [0.25, 0.3) is 0 Å². The van der Waals surface area contributed by atoms with Crippen LogP contribution in [0, 0.1) is 0 Å². The molecule has 0 unspecified atom stereocenters. The van der Waals surface area contributed by atoms with E-state index in [0.717, 1.165) is 6.08 Å². The van der Waals surface area contributed by atoms with Crippen LogP contribution in [0.4, 0.5) is 0 Å². The average Bonchev–Trinajstić information content (AvgIpc) is 2.74. The molecule has 0 radical (unpaired) electrons. The molecule has 31 heavy (non-hydrogen) atoms. The van der Waals surface area contributed by atoms with Crippen molar-refractivity contribution < 1.29 is 54.4 Å². The number of aliphatic hydroxyl groups is 4. The third kappa shape index (κ3) is 6.51. The zero-order valence-electron chi connectivity index (χ0n) is 16.3. The smallest absolute Gasteiger partial charge is 0.333 e. The summed E-state index contributed by atoms with van der Waals surface area (Å²) in [5.74, 6) is -2.55. The summed E-state index contributed by atoms with van der Waals surface area (Å²) in [4.78, 5) is 23.8. The molecular formula is C20H24O11. The SMILES string of the molecule is C=C(CCO)C(=O)OC[C@H]1O[C@@H](OC(=O)C=Cc2ccc(O)c(O)c2)[C@H](O)[C@@H](O)[C@@H]1O. The van der Waals surface area contributed by atoms with E-state index in [1.54, 1.807) is 0 Å². The number of benzene rings is 1. The number of hydrogen-bond acceptors (Lipinski definition) is 11. The predicted octanol–water partition coefficient (Wildman–Crippen LogP) is -1.06. The van der Waals surface area contributed by atoms with Gasteiger partial charge in [0.05, 0.1) is 0 Å². The van der Waals surface area contributed by atoms with Gasteiger partial charge < -0.3 is 44.8 Å². The zero-order valence-corrected chi connectivity index (χ0v) is 16.3. The van der Waals surface area contributed by atoms with E-state index in [1.165, 1.54) is 24.3 Å². The number of aromatic hydroxyl groups is 2. The van der Waals surface area contributed by atoms with Crippen molar-refractivity contribution in [3.8, 4) is 11.5 Å². The van der Waals surface area contributed by atoms with E-state index in [0.29, 0.717) is 5.56 Å². The van der Waals surface area contributed by atoms with Crippen molar-refractivity contribution in [2.24, 2.45) is 0 Å². The first-order valence-corrected chi connectivity index (χ1v) is 9.20. The molecule has 1 fully saturated rings. The second kappa shape index (κ2) is 10.9. The van der Waals surface area contributed by atoms with Gasteiger partial charge >= 0.3 is 11.9 Å². The van der Waals surface area contributed by atoms with Crippen molar-refractivity contribution >= 4 is 18.0 Å². The lowest BCUT2D eigenvalue weighted by molar-refractivity contribution is -0.291. The summed E-state index contributed by atoms with van der Waals surface area (Å²) in [5.41, 5.74) is 0.350. The van der Waals surface area contributed by atoms with Gasteiger partial charge in [-0.3, -0.25) is 0 Å². The Morgan fingerprint density at radius 2 is 1.81 bits per heavy atom. The van der Waals surface area contributed by atoms with Crippen LogP contribution in [0.1, 0.15) is 12.0 Å². The highest BCUT2D eigenvalue weighted by Crippen LogP contribution is 2.26. The molecule has 1 heterocycles. The van der Waals surface area contributed by atoms with Gasteiger partial charge in [-0.05, 0) is 23.8 Å². The van der Waals surface area contributed by atoms with Gasteiger partial charge in [0.2, 0.25) is 6.29 Å². The third-order valence-corrected chi connectivity index (χ3v) is 4.39. The minimum atomic E-state index is -1.78. The first kappa shape index (κ1) is 24.3. The van der Waals surface area contributed by atoms with E-state index < -0.39 is 55.0 Å². The largest absolute Gasteiger partial charge is 0.504 e. The van der Waals surface area contributed by atoms with Gasteiger partial charge in [0.1, 0.15) is 31.0 Å². The van der Waals surface area contributed by atoms with Gasteiger partial charge in [-0.1, -0.05) is 12.6 Å². The van der Waals surface area contributed by atoms with Crippen LogP contribution in [0.3, 0.4) is 0 Å². The number of rotatable bonds is 8. The van der Waals surface area contributed by atoms with Crippen LogP contribution in [0.2, 0.25) is 0 Å². The van der Waals surface area contributed by atoms with Crippen LogP contribution in [-0.4, -0.2) is 86.5 Å². The van der Waals surface area contributed by atoms with Crippen molar-refractivity contribution in [1.82, 2.24) is 0 Å². The molecule has 0 amide bonds. The maximum Gasteiger partial charge on any atom is 0.333 e. The molecule has 1 saturated heterocycles. The molecule has 1 aromatic rings. The highest BCUT2D eigenvalue weighted by molar-refractivity contribution is 5.88. The van der Waals surface area contributed by atoms with E-state index in [2.05, 4.69) is 6.58 Å². The van der Waals surface area contributed by atoms with E-state index >= 15 is 0 Å². The van der Waals surface area contributed by atoms with Crippen LogP contribution < -0.4 is 0 Å². The summed E-state index contributed by atoms with van der Waals surface area (Å²) in [6.45, 7) is 2.58. The molecule has 170 valence electrons. The second-order valence-electron chi connectivity index (χ2n) is 6.71. The normalized spacial score (nSPS) is 25.9. The Morgan fingerprint density at radius 1 is 1.10 bits per heavy atom. The van der Waals surface area contributed by atoms with Crippen molar-refractivity contribution in [2.75, 3.05) is 13.2 Å². The summed E-state index contributed by atoms with van der Waals surface area (Å²) >= 11 is 0. The number of aliphatic hydroxyl groups excluding tert-OH is 4. The Bertz CT molecular complexity index is 834. The van der Waals surface area contributed by atoms with Crippen molar-refractivity contribution in [2.45, 2.75) is 37.1 Å². The number of ether oxygens (including phenoxy) is 3. The maximum atomic E-state index is 12.0. The summed E-state index contributed by atoms with van der Waals surface area (Å²) in [6.07, 6.45) is -5.97. The van der Waals surface area contributed by atoms with Gasteiger partial charge in [0.15, 0.2) is 11.5 Å². The number of hydrogen-bond donors (Lipinski definition) is 6. The molecule has 1 aliphatic heterocycles. The summed E-state index contributed by atoms with van der Waals surface area (Å²) in [7, 11) is 0. The number of phenolic OH excluding ortho intramolecular Hbond substituents is 2. The zero-order chi connectivity index (χ0) is 23.1. The number of phenols is 2. The molecular weight excluding hydrogens is 416 g/mol. The molecule has 0 aromatic heterocycles. The molecule has 11 heteroatoms. The molecule has 1 aromatic carbocycles. The molecule has 6 N–H and O–H groups in total. The van der Waals surface area contributed by atoms with Gasteiger partial charge in [-0.25, -0.2) is 9.59 Å². The molecule has 2 rings (SSSR count). The highest BCUT2D eigenvalue weighted by Gasteiger charge is 2.46. The summed E-state index contributed by atoms with van der Waals surface area (Å²) < 4.78 is 15.1. The number of carbonyl (C=O) groups excluding carboxylic acids is 2. The lowest BCUT2D eigenvalue weighted by Gasteiger charge is -2.39. The summed E-state index contributed by atoms with van der Waals surface area (Å²) in [6, 6.07) is 3.83. The standard InChI is InChI=1S/C20H24O11/c1-10(6-7-21)19(28)29-9-14-16(25)17(26)18(27)20(30-14)31-15(24)5-3-11-2-4-12(22)13(23)8-11/h2-5,8,14,16-18,20-23,25-27H,1,6-7,9H2/t14-,16-,17+,18-,20+/m1/s1. The highest BCUT2D eigenvalue weighted by atomic mass is 16.7. The Labute approximate surface area is 177 Å². The third-order valence-electron chi connectivity index (χ3n) is 4.39. The van der Waals surface area contributed by atoms with Crippen molar-refractivity contribution in [1.29, 1.82) is 0 Å². The van der Waals surface area contributed by atoms with E-state index in [9.17, 15) is 35.1 Å². The van der Waals surface area contributed by atoms with Crippen molar-refractivity contribution in [3.63, 3.8) is 0 Å². The lowest BCUT2D eigenvalue weighted by atomic mass is 9.99. The topological polar surface area (TPSA) is 183 Å². The predicted molar refractivity (Wildman–Crippen MR) is 103 cm³/mol. The number of esters is 2. The quantitative estimate of drug-likeness (QED) is 0.165. The molecule has 5 atom stereocenters. The molecule has 0 spiro atoms. The van der Waals surface area contributed by atoms with E-state index in [1.807, 2.05) is 0 Å². The fraction of sp³-hybridized carbons (Fsp3) is 0.400. The Hall–Kier alpha value is -2.96. The Balaban J connectivity index is 1.98. The van der Waals surface area contributed by atoms with Crippen LogP contribution in [-0.2, 0) is 23.8 Å². The maximum absolute atomic E-state index is 12.0. The van der Waals surface area contributed by atoms with Crippen LogP contribution in [0.5, 0.6) is 11.5 Å². The first-order valence-electron chi connectivity index (χ1n) is 9.20. The van der Waals surface area contributed by atoms with Crippen LogP contribution >= 0.6 is 0 Å².